The summed E-state index contributed by atoms with van der Waals surface area (Å²) in [6.45, 7) is 5.41. The summed E-state index contributed by atoms with van der Waals surface area (Å²) in [5, 5.41) is 9.34. The van der Waals surface area contributed by atoms with E-state index in [1.807, 2.05) is 0 Å². The second-order valence-corrected chi connectivity index (χ2v) is 7.50. The number of hydrogen-bond acceptors (Lipinski definition) is 3. The minimum atomic E-state index is -0.862. The molecule has 4 heteroatoms. The first kappa shape index (κ1) is 15.3. The van der Waals surface area contributed by atoms with Crippen molar-refractivity contribution in [1.82, 2.24) is 0 Å². The molecule has 2 fully saturated rings. The van der Waals surface area contributed by atoms with Crippen LogP contribution >= 0.6 is 0 Å². The van der Waals surface area contributed by atoms with Gasteiger partial charge in [0.2, 0.25) is 0 Å². The van der Waals surface area contributed by atoms with Crippen LogP contribution in [0.2, 0.25) is 0 Å². The van der Waals surface area contributed by atoms with Crippen LogP contribution in [0.15, 0.2) is 0 Å². The Morgan fingerprint density at radius 3 is 2.40 bits per heavy atom. The maximum Gasteiger partial charge on any atom is 0.307 e. The van der Waals surface area contributed by atoms with E-state index in [2.05, 4.69) is 0 Å². The van der Waals surface area contributed by atoms with Gasteiger partial charge in [0.05, 0.1) is 12.3 Å². The number of carboxylic acid groups (broad SMARTS) is 1. The van der Waals surface area contributed by atoms with E-state index in [1.54, 1.807) is 20.8 Å². The van der Waals surface area contributed by atoms with Crippen molar-refractivity contribution < 1.29 is 19.4 Å². The van der Waals surface area contributed by atoms with Crippen LogP contribution in [0.1, 0.15) is 59.3 Å². The molecule has 0 heterocycles. The van der Waals surface area contributed by atoms with E-state index < -0.39 is 23.5 Å². The van der Waals surface area contributed by atoms with Gasteiger partial charge in [-0.3, -0.25) is 9.59 Å². The molecule has 0 aromatic rings. The molecule has 4 nitrogen and oxygen atoms in total. The summed E-state index contributed by atoms with van der Waals surface area (Å²) in [5.74, 6) is 0.152. The number of hydrogen-bond donors (Lipinski definition) is 1. The van der Waals surface area contributed by atoms with Crippen LogP contribution in [0.5, 0.6) is 0 Å². The van der Waals surface area contributed by atoms with Gasteiger partial charge in [0, 0.05) is 0 Å². The Bertz CT molecular complexity index is 382. The van der Waals surface area contributed by atoms with E-state index in [1.165, 1.54) is 19.3 Å². The van der Waals surface area contributed by atoms with Crippen LogP contribution in [0.25, 0.3) is 0 Å². The van der Waals surface area contributed by atoms with Crippen LogP contribution in [0.4, 0.5) is 0 Å². The number of fused-ring (bicyclic) bond motifs is 2. The van der Waals surface area contributed by atoms with Gasteiger partial charge in [0.25, 0.3) is 0 Å². The summed E-state index contributed by atoms with van der Waals surface area (Å²) in [6.07, 6.45) is 5.61. The van der Waals surface area contributed by atoms with Gasteiger partial charge >= 0.3 is 11.9 Å². The fourth-order valence-corrected chi connectivity index (χ4v) is 3.89. The minimum Gasteiger partial charge on any atom is -0.481 e. The average Bonchev–Trinajstić information content (AvgIpc) is 2.86. The molecule has 0 aromatic heterocycles. The summed E-state index contributed by atoms with van der Waals surface area (Å²) in [4.78, 5) is 23.2. The first-order chi connectivity index (χ1) is 9.24. The van der Waals surface area contributed by atoms with Gasteiger partial charge < -0.3 is 9.84 Å². The van der Waals surface area contributed by atoms with Crippen LogP contribution in [-0.4, -0.2) is 22.6 Å². The molecule has 0 saturated heterocycles. The smallest absolute Gasteiger partial charge is 0.307 e. The van der Waals surface area contributed by atoms with Gasteiger partial charge in [0.15, 0.2) is 0 Å². The fourth-order valence-electron chi connectivity index (χ4n) is 3.89. The van der Waals surface area contributed by atoms with Crippen molar-refractivity contribution in [2.75, 3.05) is 0 Å². The Morgan fingerprint density at radius 2 is 1.95 bits per heavy atom. The third-order valence-corrected chi connectivity index (χ3v) is 4.65. The summed E-state index contributed by atoms with van der Waals surface area (Å²) in [5.41, 5.74) is -0.549. The summed E-state index contributed by atoms with van der Waals surface area (Å²) in [7, 11) is 0. The average molecular weight is 282 g/mol. The van der Waals surface area contributed by atoms with E-state index >= 15 is 0 Å². The molecule has 0 amide bonds. The molecule has 2 aliphatic rings. The highest BCUT2D eigenvalue weighted by Gasteiger charge is 2.41. The molecule has 2 aliphatic carbocycles. The Labute approximate surface area is 120 Å². The van der Waals surface area contributed by atoms with Crippen LogP contribution < -0.4 is 0 Å². The summed E-state index contributed by atoms with van der Waals surface area (Å²) < 4.78 is 5.24. The number of carbonyl (C=O) groups excluding carboxylic acids is 1. The van der Waals surface area contributed by atoms with E-state index in [4.69, 9.17) is 4.74 Å². The Morgan fingerprint density at radius 1 is 1.25 bits per heavy atom. The van der Waals surface area contributed by atoms with Gasteiger partial charge in [0.1, 0.15) is 5.60 Å². The molecule has 114 valence electrons. The predicted octanol–water partition coefficient (Wildman–Crippen LogP) is 3.25. The van der Waals surface area contributed by atoms with Gasteiger partial charge in [-0.2, -0.15) is 0 Å². The standard InChI is InChI=1S/C16H26O4/c1-16(2,3)20-14(17)9-13(15(18)19)8-12-7-10-4-5-11(12)6-10/h10-13H,4-9H2,1-3H3,(H,18,19). The summed E-state index contributed by atoms with van der Waals surface area (Å²) >= 11 is 0. The fraction of sp³-hybridized carbons (Fsp3) is 0.875. The van der Waals surface area contributed by atoms with Crippen molar-refractivity contribution in [2.45, 2.75) is 64.9 Å². The van der Waals surface area contributed by atoms with Crippen molar-refractivity contribution in [3.63, 3.8) is 0 Å². The molecule has 4 unspecified atom stereocenters. The highest BCUT2D eigenvalue weighted by atomic mass is 16.6. The zero-order chi connectivity index (χ0) is 14.9. The third-order valence-electron chi connectivity index (χ3n) is 4.65. The molecule has 1 N–H and O–H groups in total. The van der Waals surface area contributed by atoms with Crippen molar-refractivity contribution >= 4 is 11.9 Å². The molecule has 4 atom stereocenters. The lowest BCUT2D eigenvalue weighted by molar-refractivity contribution is -0.160. The van der Waals surface area contributed by atoms with Crippen LogP contribution in [0, 0.1) is 23.7 Å². The lowest BCUT2D eigenvalue weighted by Crippen LogP contribution is -2.29. The number of rotatable bonds is 5. The van der Waals surface area contributed by atoms with Crippen LogP contribution in [-0.2, 0) is 14.3 Å². The first-order valence-electron chi connectivity index (χ1n) is 7.69. The van der Waals surface area contributed by atoms with Crippen molar-refractivity contribution in [3.05, 3.63) is 0 Å². The Balaban J connectivity index is 1.88. The molecule has 0 aromatic carbocycles. The predicted molar refractivity (Wildman–Crippen MR) is 75.1 cm³/mol. The zero-order valence-electron chi connectivity index (χ0n) is 12.7. The number of esters is 1. The molecule has 2 saturated carbocycles. The quantitative estimate of drug-likeness (QED) is 0.786. The van der Waals surface area contributed by atoms with Crippen molar-refractivity contribution in [3.8, 4) is 0 Å². The zero-order valence-corrected chi connectivity index (χ0v) is 12.7. The van der Waals surface area contributed by atoms with E-state index in [9.17, 15) is 14.7 Å². The van der Waals surface area contributed by atoms with E-state index in [0.29, 0.717) is 18.3 Å². The number of aliphatic carboxylic acids is 1. The van der Waals surface area contributed by atoms with Gasteiger partial charge in [-0.05, 0) is 64.2 Å². The Kier molecular flexibility index (Phi) is 4.40. The summed E-state index contributed by atoms with van der Waals surface area (Å²) in [6, 6.07) is 0. The van der Waals surface area contributed by atoms with E-state index in [0.717, 1.165) is 12.3 Å². The topological polar surface area (TPSA) is 63.6 Å². The normalized spacial score (nSPS) is 30.2. The molecule has 20 heavy (non-hydrogen) atoms. The highest BCUT2D eigenvalue weighted by Crippen LogP contribution is 2.50. The lowest BCUT2D eigenvalue weighted by atomic mass is 9.81. The lowest BCUT2D eigenvalue weighted by Gasteiger charge is -2.25. The SMILES string of the molecule is CC(C)(C)OC(=O)CC(CC1CC2CCC1C2)C(=O)O. The molecule has 0 radical (unpaired) electrons. The van der Waals surface area contributed by atoms with Gasteiger partial charge in [-0.15, -0.1) is 0 Å². The van der Waals surface area contributed by atoms with Crippen molar-refractivity contribution in [2.24, 2.45) is 23.7 Å². The van der Waals surface area contributed by atoms with Crippen molar-refractivity contribution in [1.29, 1.82) is 0 Å². The second kappa shape index (κ2) is 5.74. The monoisotopic (exact) mass is 282 g/mol. The second-order valence-electron chi connectivity index (χ2n) is 7.50. The largest absolute Gasteiger partial charge is 0.481 e. The molecule has 2 bridgehead atoms. The molecule has 0 spiro atoms. The van der Waals surface area contributed by atoms with Gasteiger partial charge in [-0.1, -0.05) is 6.42 Å². The van der Waals surface area contributed by atoms with E-state index in [-0.39, 0.29) is 6.42 Å². The first-order valence-corrected chi connectivity index (χ1v) is 7.69. The molecule has 2 rings (SSSR count). The van der Waals surface area contributed by atoms with Crippen LogP contribution in [0.3, 0.4) is 0 Å². The third kappa shape index (κ3) is 3.97. The number of carbonyl (C=O) groups is 2. The molecule has 0 aliphatic heterocycles. The maximum atomic E-state index is 11.8. The number of carboxylic acids is 1. The maximum absolute atomic E-state index is 11.8. The molecular weight excluding hydrogens is 256 g/mol. The minimum absolute atomic E-state index is 0.000486. The highest BCUT2D eigenvalue weighted by molar-refractivity contribution is 5.79. The van der Waals surface area contributed by atoms with Gasteiger partial charge in [-0.25, -0.2) is 0 Å². The molecular formula is C16H26O4. The Hall–Kier alpha value is -1.06. The number of ether oxygens (including phenoxy) is 1.